The summed E-state index contributed by atoms with van der Waals surface area (Å²) in [6.07, 6.45) is 5.13. The standard InChI is InChI=1S/C15H28N2O3/c1-11(15(19)20)4-3-5-12(2)17-14(18)10-13-6-8-16-9-7-13/h11-13,16H,3-10H2,1-2H3,(H,17,18)(H,19,20). The number of carbonyl (C=O) groups excluding carboxylic acids is 1. The Morgan fingerprint density at radius 2 is 1.90 bits per heavy atom. The van der Waals surface area contributed by atoms with Gasteiger partial charge in [0, 0.05) is 12.5 Å². The minimum absolute atomic E-state index is 0.130. The number of carboxylic acids is 1. The van der Waals surface area contributed by atoms with Crippen molar-refractivity contribution in [3.05, 3.63) is 0 Å². The third-order valence-electron chi connectivity index (χ3n) is 4.04. The van der Waals surface area contributed by atoms with E-state index in [9.17, 15) is 9.59 Å². The Bertz CT molecular complexity index is 314. The second-order valence-electron chi connectivity index (χ2n) is 6.04. The van der Waals surface area contributed by atoms with Crippen molar-refractivity contribution in [1.29, 1.82) is 0 Å². The molecule has 1 aliphatic rings. The third-order valence-corrected chi connectivity index (χ3v) is 4.04. The van der Waals surface area contributed by atoms with Gasteiger partial charge < -0.3 is 15.7 Å². The topological polar surface area (TPSA) is 78.4 Å². The predicted octanol–water partition coefficient (Wildman–Crippen LogP) is 1.77. The molecule has 0 aliphatic carbocycles. The molecule has 0 aromatic rings. The lowest BCUT2D eigenvalue weighted by molar-refractivity contribution is -0.141. The van der Waals surface area contributed by atoms with Gasteiger partial charge in [0.1, 0.15) is 0 Å². The molecule has 1 fully saturated rings. The van der Waals surface area contributed by atoms with Crippen LogP contribution in [0.15, 0.2) is 0 Å². The van der Waals surface area contributed by atoms with E-state index >= 15 is 0 Å². The van der Waals surface area contributed by atoms with Gasteiger partial charge in [-0.2, -0.15) is 0 Å². The van der Waals surface area contributed by atoms with Gasteiger partial charge in [-0.1, -0.05) is 13.3 Å². The largest absolute Gasteiger partial charge is 0.481 e. The first kappa shape index (κ1) is 17.0. The first-order valence-electron chi connectivity index (χ1n) is 7.72. The number of carbonyl (C=O) groups is 2. The second-order valence-corrected chi connectivity index (χ2v) is 6.04. The maximum Gasteiger partial charge on any atom is 0.306 e. The van der Waals surface area contributed by atoms with Crippen molar-refractivity contribution in [3.63, 3.8) is 0 Å². The van der Waals surface area contributed by atoms with Gasteiger partial charge in [0.05, 0.1) is 5.92 Å². The monoisotopic (exact) mass is 284 g/mol. The van der Waals surface area contributed by atoms with Gasteiger partial charge in [-0.05, 0) is 51.6 Å². The van der Waals surface area contributed by atoms with Gasteiger partial charge >= 0.3 is 5.97 Å². The first-order valence-corrected chi connectivity index (χ1v) is 7.72. The molecule has 0 spiro atoms. The van der Waals surface area contributed by atoms with E-state index in [1.54, 1.807) is 6.92 Å². The van der Waals surface area contributed by atoms with E-state index < -0.39 is 5.97 Å². The van der Waals surface area contributed by atoms with Crippen LogP contribution in [-0.2, 0) is 9.59 Å². The van der Waals surface area contributed by atoms with E-state index in [4.69, 9.17) is 5.11 Å². The summed E-state index contributed by atoms with van der Waals surface area (Å²) in [5.74, 6) is -0.397. The molecule has 5 nitrogen and oxygen atoms in total. The Labute approximate surface area is 121 Å². The van der Waals surface area contributed by atoms with E-state index in [0.29, 0.717) is 18.8 Å². The average Bonchev–Trinajstić information content (AvgIpc) is 2.39. The maximum atomic E-state index is 11.9. The molecule has 2 atom stereocenters. The molecule has 3 N–H and O–H groups in total. The van der Waals surface area contributed by atoms with Gasteiger partial charge in [0.2, 0.25) is 5.91 Å². The van der Waals surface area contributed by atoms with Crippen LogP contribution in [0.2, 0.25) is 0 Å². The molecule has 0 bridgehead atoms. The van der Waals surface area contributed by atoms with E-state index in [-0.39, 0.29) is 17.9 Å². The predicted molar refractivity (Wildman–Crippen MR) is 78.5 cm³/mol. The van der Waals surface area contributed by atoms with Gasteiger partial charge in [-0.25, -0.2) is 0 Å². The van der Waals surface area contributed by atoms with Crippen LogP contribution in [0.4, 0.5) is 0 Å². The number of rotatable bonds is 8. The summed E-state index contributed by atoms with van der Waals surface area (Å²) in [6, 6.07) is 0.130. The van der Waals surface area contributed by atoms with Gasteiger partial charge in [-0.3, -0.25) is 9.59 Å². The molecule has 1 heterocycles. The summed E-state index contributed by atoms with van der Waals surface area (Å²) in [7, 11) is 0. The highest BCUT2D eigenvalue weighted by atomic mass is 16.4. The molecule has 0 aromatic heterocycles. The minimum Gasteiger partial charge on any atom is -0.481 e. The van der Waals surface area contributed by atoms with Crippen LogP contribution in [-0.4, -0.2) is 36.1 Å². The zero-order chi connectivity index (χ0) is 15.0. The lowest BCUT2D eigenvalue weighted by Crippen LogP contribution is -2.36. The lowest BCUT2D eigenvalue weighted by atomic mass is 9.94. The number of aliphatic carboxylic acids is 1. The fourth-order valence-electron chi connectivity index (χ4n) is 2.61. The minimum atomic E-state index is -0.743. The van der Waals surface area contributed by atoms with Crippen molar-refractivity contribution in [1.82, 2.24) is 10.6 Å². The number of amides is 1. The van der Waals surface area contributed by atoms with Crippen LogP contribution in [0, 0.1) is 11.8 Å². The number of hydrogen-bond donors (Lipinski definition) is 3. The molecule has 0 aromatic carbocycles. The van der Waals surface area contributed by atoms with Crippen LogP contribution in [0.25, 0.3) is 0 Å². The van der Waals surface area contributed by atoms with Crippen LogP contribution in [0.1, 0.15) is 52.4 Å². The number of hydrogen-bond acceptors (Lipinski definition) is 3. The molecule has 0 saturated carbocycles. The van der Waals surface area contributed by atoms with Crippen LogP contribution >= 0.6 is 0 Å². The Hall–Kier alpha value is -1.10. The average molecular weight is 284 g/mol. The van der Waals surface area contributed by atoms with Crippen LogP contribution < -0.4 is 10.6 Å². The fourth-order valence-corrected chi connectivity index (χ4v) is 2.61. The number of piperidine rings is 1. The summed E-state index contributed by atoms with van der Waals surface area (Å²) in [5.41, 5.74) is 0. The lowest BCUT2D eigenvalue weighted by Gasteiger charge is -2.23. The second kappa shape index (κ2) is 8.95. The summed E-state index contributed by atoms with van der Waals surface area (Å²) in [5, 5.41) is 15.1. The zero-order valence-corrected chi connectivity index (χ0v) is 12.7. The highest BCUT2D eigenvalue weighted by Gasteiger charge is 2.18. The van der Waals surface area contributed by atoms with E-state index in [1.807, 2.05) is 6.92 Å². The molecule has 1 saturated heterocycles. The zero-order valence-electron chi connectivity index (χ0n) is 12.7. The third kappa shape index (κ3) is 6.89. The number of carboxylic acid groups (broad SMARTS) is 1. The summed E-state index contributed by atoms with van der Waals surface area (Å²) < 4.78 is 0. The van der Waals surface area contributed by atoms with Gasteiger partial charge in [-0.15, -0.1) is 0 Å². The smallest absolute Gasteiger partial charge is 0.306 e. The molecule has 1 rings (SSSR count). The van der Waals surface area contributed by atoms with Crippen molar-refractivity contribution in [2.75, 3.05) is 13.1 Å². The van der Waals surface area contributed by atoms with Crippen LogP contribution in [0.5, 0.6) is 0 Å². The van der Waals surface area contributed by atoms with Gasteiger partial charge in [0.15, 0.2) is 0 Å². The molecule has 1 aliphatic heterocycles. The van der Waals surface area contributed by atoms with Crippen molar-refractivity contribution in [3.8, 4) is 0 Å². The SMILES string of the molecule is CC(CCCC(C)C(=O)O)NC(=O)CC1CCNCC1. The van der Waals surface area contributed by atoms with Crippen molar-refractivity contribution in [2.24, 2.45) is 11.8 Å². The fraction of sp³-hybridized carbons (Fsp3) is 0.867. The van der Waals surface area contributed by atoms with E-state index in [2.05, 4.69) is 10.6 Å². The van der Waals surface area contributed by atoms with Gasteiger partial charge in [0.25, 0.3) is 0 Å². The summed E-state index contributed by atoms with van der Waals surface area (Å²) in [6.45, 7) is 5.75. The summed E-state index contributed by atoms with van der Waals surface area (Å²) >= 11 is 0. The van der Waals surface area contributed by atoms with Crippen molar-refractivity contribution >= 4 is 11.9 Å². The summed E-state index contributed by atoms with van der Waals surface area (Å²) in [4.78, 5) is 22.6. The Morgan fingerprint density at radius 3 is 2.50 bits per heavy atom. The Morgan fingerprint density at radius 1 is 1.25 bits per heavy atom. The molecule has 5 heteroatoms. The van der Waals surface area contributed by atoms with E-state index in [0.717, 1.165) is 38.8 Å². The van der Waals surface area contributed by atoms with E-state index in [1.165, 1.54) is 0 Å². The quantitative estimate of drug-likeness (QED) is 0.635. The molecule has 20 heavy (non-hydrogen) atoms. The number of nitrogens with one attached hydrogen (secondary N) is 2. The maximum absolute atomic E-state index is 11.9. The van der Waals surface area contributed by atoms with Crippen molar-refractivity contribution in [2.45, 2.75) is 58.4 Å². The molecule has 116 valence electrons. The molecular formula is C15H28N2O3. The Balaban J connectivity index is 2.12. The Kier molecular flexibility index (Phi) is 7.59. The highest BCUT2D eigenvalue weighted by Crippen LogP contribution is 2.16. The molecule has 2 unspecified atom stereocenters. The normalized spacial score (nSPS) is 19.3. The highest BCUT2D eigenvalue weighted by molar-refractivity contribution is 5.76. The van der Waals surface area contributed by atoms with Crippen LogP contribution in [0.3, 0.4) is 0 Å². The molecule has 1 amide bonds. The molecular weight excluding hydrogens is 256 g/mol. The molecule has 0 radical (unpaired) electrons. The van der Waals surface area contributed by atoms with Crippen molar-refractivity contribution < 1.29 is 14.7 Å². The first-order chi connectivity index (χ1) is 9.49.